The number of thioether (sulfide) groups is 1. The highest BCUT2D eigenvalue weighted by Gasteiger charge is 2.56. The van der Waals surface area contributed by atoms with Gasteiger partial charge in [-0.05, 0) is 105 Å². The molecule has 8 rings (SSSR count). The summed E-state index contributed by atoms with van der Waals surface area (Å²) in [5.41, 5.74) is 3.63. The minimum atomic E-state index is -0.925. The average molecular weight is 654 g/mol. The van der Waals surface area contributed by atoms with Gasteiger partial charge in [-0.3, -0.25) is 4.79 Å². The molecule has 5 aromatic rings. The van der Waals surface area contributed by atoms with Gasteiger partial charge in [-0.25, -0.2) is 4.98 Å². The highest BCUT2D eigenvalue weighted by atomic mass is 32.2. The molecule has 1 saturated carbocycles. The van der Waals surface area contributed by atoms with Crippen LogP contribution in [0.25, 0.3) is 20.3 Å². The van der Waals surface area contributed by atoms with E-state index in [1.807, 2.05) is 42.5 Å². The molecule has 0 spiro atoms. The van der Waals surface area contributed by atoms with E-state index in [9.17, 15) is 15.0 Å². The number of nitrogens with zero attached hydrogens (tertiary/aromatic N) is 1. The largest absolute Gasteiger partial charge is 0.393 e. The van der Waals surface area contributed by atoms with Gasteiger partial charge in [0.05, 0.1) is 26.8 Å². The first-order valence-electron chi connectivity index (χ1n) is 15.9. The van der Waals surface area contributed by atoms with Crippen molar-refractivity contribution < 1.29 is 15.0 Å². The van der Waals surface area contributed by atoms with Crippen molar-refractivity contribution in [1.29, 1.82) is 0 Å². The lowest BCUT2D eigenvalue weighted by Crippen LogP contribution is -2.46. The maximum atomic E-state index is 14.4. The molecule has 2 aromatic heterocycles. The third-order valence-corrected chi connectivity index (χ3v) is 13.8. The Bertz CT molecular complexity index is 1840. The fraction of sp³-hybridized carbons (Fsp3) is 0.368. The third kappa shape index (κ3) is 5.94. The number of thiophene rings is 1. The topological polar surface area (TPSA) is 70.4 Å². The molecule has 2 bridgehead atoms. The Morgan fingerprint density at radius 2 is 1.80 bits per heavy atom. The Balaban J connectivity index is 1.29. The maximum Gasteiger partial charge on any atom is 0.203 e. The normalized spacial score (nSPS) is 25.7. The van der Waals surface area contributed by atoms with Crippen LogP contribution in [0.3, 0.4) is 0 Å². The molecular weight excluding hydrogens is 615 g/mol. The highest BCUT2D eigenvalue weighted by Crippen LogP contribution is 2.60. The molecule has 3 aliphatic rings. The fourth-order valence-electron chi connectivity index (χ4n) is 7.49. The standard InChI is InChI=1S/C38H39NO3S3/c1-24-8-7-18-37(2)30(17-19-38(37,42)23-43-36-39-31-10-4-6-12-33(31)45-36)28-16-14-25(20-27(40)15-13-24)21-29(28)35(41)34-22-26-9-3-5-11-32(26)44-34/h3-6,8-12,14,16,21-22,27,30,40,42H,7,13,15,17-20,23H2,1-2H3/t27-,30-,37-,38+/m0/s1. The third-order valence-electron chi connectivity index (χ3n) is 10.3. The van der Waals surface area contributed by atoms with Crippen LogP contribution in [0.2, 0.25) is 0 Å². The van der Waals surface area contributed by atoms with Gasteiger partial charge in [-0.15, -0.1) is 22.7 Å². The van der Waals surface area contributed by atoms with Gasteiger partial charge in [0, 0.05) is 21.4 Å². The van der Waals surface area contributed by atoms with Crippen LogP contribution >= 0.6 is 34.4 Å². The number of carbonyl (C=O) groups excluding carboxylic acids is 1. The summed E-state index contributed by atoms with van der Waals surface area (Å²) in [6.45, 7) is 4.40. The van der Waals surface area contributed by atoms with Crippen LogP contribution in [0, 0.1) is 5.41 Å². The first-order chi connectivity index (χ1) is 21.7. The number of aliphatic hydroxyl groups is 2. The molecule has 0 amide bonds. The number of hydrogen-bond acceptors (Lipinski definition) is 7. The molecule has 2 heterocycles. The van der Waals surface area contributed by atoms with E-state index in [2.05, 4.69) is 50.3 Å². The van der Waals surface area contributed by atoms with Crippen LogP contribution in [0.5, 0.6) is 0 Å². The van der Waals surface area contributed by atoms with E-state index in [4.69, 9.17) is 4.98 Å². The highest BCUT2D eigenvalue weighted by molar-refractivity contribution is 8.01. The van der Waals surface area contributed by atoms with Crippen LogP contribution in [0.15, 0.2) is 88.8 Å². The predicted octanol–water partition coefficient (Wildman–Crippen LogP) is 9.57. The second-order valence-electron chi connectivity index (χ2n) is 13.2. The Morgan fingerprint density at radius 1 is 1.00 bits per heavy atom. The monoisotopic (exact) mass is 653 g/mol. The van der Waals surface area contributed by atoms with Gasteiger partial charge < -0.3 is 10.2 Å². The van der Waals surface area contributed by atoms with Crippen molar-refractivity contribution in [3.63, 3.8) is 0 Å². The predicted molar refractivity (Wildman–Crippen MR) is 189 cm³/mol. The number of para-hydroxylation sites is 1. The number of fused-ring (bicyclic) bond motifs is 10. The lowest BCUT2D eigenvalue weighted by molar-refractivity contribution is -0.0422. The number of carbonyl (C=O) groups is 1. The van der Waals surface area contributed by atoms with E-state index in [-0.39, 0.29) is 11.7 Å². The molecule has 7 heteroatoms. The minimum Gasteiger partial charge on any atom is -0.393 e. The smallest absolute Gasteiger partial charge is 0.203 e. The number of hydrogen-bond donors (Lipinski definition) is 2. The second kappa shape index (κ2) is 12.4. The maximum absolute atomic E-state index is 14.4. The van der Waals surface area contributed by atoms with Gasteiger partial charge in [0.2, 0.25) is 5.78 Å². The Morgan fingerprint density at radius 3 is 2.62 bits per heavy atom. The Kier molecular flexibility index (Phi) is 8.51. The van der Waals surface area contributed by atoms with Gasteiger partial charge in [0.25, 0.3) is 0 Å². The summed E-state index contributed by atoms with van der Waals surface area (Å²) < 4.78 is 3.25. The van der Waals surface area contributed by atoms with Crippen molar-refractivity contribution in [1.82, 2.24) is 4.98 Å². The van der Waals surface area contributed by atoms with Crippen molar-refractivity contribution in [3.05, 3.63) is 106 Å². The summed E-state index contributed by atoms with van der Waals surface area (Å²) >= 11 is 4.89. The van der Waals surface area contributed by atoms with E-state index < -0.39 is 17.1 Å². The van der Waals surface area contributed by atoms with Gasteiger partial charge in [0.15, 0.2) is 4.34 Å². The average Bonchev–Trinajstić information content (AvgIpc) is 3.73. The molecule has 232 valence electrons. The molecule has 3 aromatic carbocycles. The van der Waals surface area contributed by atoms with Crippen LogP contribution in [0.4, 0.5) is 0 Å². The SMILES string of the molecule is CC1=CCC[C@@]2(C)[C@@H](CC[C@@]2(O)CSc2nc3ccccc3s2)c2ccc(cc2C(=O)c2cc3ccccc3s2)C[C@@H](O)CC1. The zero-order valence-electron chi connectivity index (χ0n) is 25.8. The lowest BCUT2D eigenvalue weighted by atomic mass is 9.65. The molecule has 3 aliphatic carbocycles. The fourth-order valence-corrected chi connectivity index (χ4v) is 10.9. The van der Waals surface area contributed by atoms with Gasteiger partial charge in [-0.1, -0.05) is 72.8 Å². The molecule has 0 unspecified atom stereocenters. The quantitative estimate of drug-likeness (QED) is 0.112. The van der Waals surface area contributed by atoms with Crippen LogP contribution in [-0.2, 0) is 6.42 Å². The van der Waals surface area contributed by atoms with E-state index in [0.29, 0.717) is 30.6 Å². The molecule has 0 radical (unpaired) electrons. The van der Waals surface area contributed by atoms with Crippen molar-refractivity contribution in [2.24, 2.45) is 5.41 Å². The van der Waals surface area contributed by atoms with Crippen molar-refractivity contribution in [2.75, 3.05) is 5.75 Å². The van der Waals surface area contributed by atoms with Crippen LogP contribution in [-0.4, -0.2) is 38.4 Å². The number of rotatable bonds is 5. The van der Waals surface area contributed by atoms with E-state index in [0.717, 1.165) is 66.3 Å². The molecule has 0 saturated heterocycles. The number of ketones is 1. The van der Waals surface area contributed by atoms with Crippen molar-refractivity contribution in [3.8, 4) is 0 Å². The molecule has 4 atom stereocenters. The summed E-state index contributed by atoms with van der Waals surface area (Å²) in [7, 11) is 0. The molecule has 0 aliphatic heterocycles. The lowest BCUT2D eigenvalue weighted by Gasteiger charge is -2.44. The van der Waals surface area contributed by atoms with Crippen molar-refractivity contribution in [2.45, 2.75) is 80.8 Å². The number of thiazole rings is 1. The number of aliphatic hydroxyl groups excluding tert-OH is 1. The van der Waals surface area contributed by atoms with Crippen LogP contribution in [0.1, 0.15) is 84.7 Å². The summed E-state index contributed by atoms with van der Waals surface area (Å²) in [6.07, 6.45) is 7.02. The van der Waals surface area contributed by atoms with Crippen molar-refractivity contribution >= 4 is 60.5 Å². The summed E-state index contributed by atoms with van der Waals surface area (Å²) in [4.78, 5) is 20.0. The molecule has 45 heavy (non-hydrogen) atoms. The van der Waals surface area contributed by atoms with Crippen LogP contribution < -0.4 is 0 Å². The number of aromatic nitrogens is 1. The van der Waals surface area contributed by atoms with Gasteiger partial charge in [0.1, 0.15) is 0 Å². The van der Waals surface area contributed by atoms with E-state index in [1.165, 1.54) is 5.57 Å². The Labute approximate surface area is 277 Å². The zero-order chi connectivity index (χ0) is 31.2. The minimum absolute atomic E-state index is 0.0161. The molecule has 2 N–H and O–H groups in total. The molecular formula is C38H39NO3S3. The number of benzene rings is 3. The Hall–Kier alpha value is -2.81. The first kappa shape index (κ1) is 30.8. The number of allylic oxidation sites excluding steroid dienone is 2. The first-order valence-corrected chi connectivity index (χ1v) is 18.5. The summed E-state index contributed by atoms with van der Waals surface area (Å²) in [5.74, 6) is 0.612. The molecule has 4 nitrogen and oxygen atoms in total. The zero-order valence-corrected chi connectivity index (χ0v) is 28.2. The molecule has 1 fully saturated rings. The van der Waals surface area contributed by atoms with Gasteiger partial charge >= 0.3 is 0 Å². The van der Waals surface area contributed by atoms with E-state index >= 15 is 0 Å². The van der Waals surface area contributed by atoms with E-state index in [1.54, 1.807) is 34.4 Å². The second-order valence-corrected chi connectivity index (χ2v) is 16.5. The summed E-state index contributed by atoms with van der Waals surface area (Å²) in [6, 6.07) is 24.6. The van der Waals surface area contributed by atoms with Gasteiger partial charge in [-0.2, -0.15) is 0 Å². The summed E-state index contributed by atoms with van der Waals surface area (Å²) in [5, 5.41) is 24.6.